The Hall–Kier alpha value is -2.68. The maximum Gasteiger partial charge on any atom is 0.319 e. The van der Waals surface area contributed by atoms with Gasteiger partial charge >= 0.3 is 12.0 Å². The van der Waals surface area contributed by atoms with Gasteiger partial charge in [0.05, 0.1) is 32.6 Å². The average Bonchev–Trinajstić information content (AvgIpc) is 3.02. The zero-order valence-electron chi connectivity index (χ0n) is 13.2. The van der Waals surface area contributed by atoms with Gasteiger partial charge in [-0.25, -0.2) is 9.67 Å². The van der Waals surface area contributed by atoms with E-state index in [0.717, 1.165) is 5.56 Å². The highest BCUT2D eigenvalue weighted by molar-refractivity contribution is 5.66. The zero-order chi connectivity index (χ0) is 16.7. The number of hydrogen-bond donors (Lipinski definition) is 0. The van der Waals surface area contributed by atoms with Gasteiger partial charge in [-0.05, 0) is 0 Å². The molecule has 0 saturated carbocycles. The molecule has 0 spiro atoms. The van der Waals surface area contributed by atoms with Crippen LogP contribution in [0.1, 0.15) is 6.92 Å². The third-order valence-corrected chi connectivity index (χ3v) is 2.81. The monoisotopic (exact) mass is 322 g/mol. The summed E-state index contributed by atoms with van der Waals surface area (Å²) in [5, 5.41) is 4.18. The van der Waals surface area contributed by atoms with E-state index in [4.69, 9.17) is 18.9 Å². The molecule has 0 aliphatic rings. The lowest BCUT2D eigenvalue weighted by molar-refractivity contribution is -0.142. The van der Waals surface area contributed by atoms with Crippen LogP contribution in [0.15, 0.2) is 18.6 Å². The fraction of sp³-hybridized carbons (Fsp3) is 0.429. The van der Waals surface area contributed by atoms with Gasteiger partial charge in [-0.2, -0.15) is 10.1 Å². The van der Waals surface area contributed by atoms with Crippen LogP contribution >= 0.6 is 0 Å². The van der Waals surface area contributed by atoms with Crippen molar-refractivity contribution in [3.63, 3.8) is 0 Å². The minimum atomic E-state index is -0.332. The molecular weight excluding hydrogens is 304 g/mol. The lowest BCUT2D eigenvalue weighted by atomic mass is 10.2. The summed E-state index contributed by atoms with van der Waals surface area (Å²) in [7, 11) is 3.01. The summed E-state index contributed by atoms with van der Waals surface area (Å²) >= 11 is 0. The Balaban J connectivity index is 1.97. The molecule has 0 aromatic carbocycles. The standard InChI is InChI=1S/C14H18N4O5/c1-10(19)23-5-4-22-9-18-8-11(6-16-18)12-7-15-14(21-3)17-13(12)20-2/h6-8H,4-5,9H2,1-3H3. The first kappa shape index (κ1) is 16.7. The van der Waals surface area contributed by atoms with Gasteiger partial charge in [-0.3, -0.25) is 4.79 Å². The minimum absolute atomic E-state index is 0.212. The average molecular weight is 322 g/mol. The molecule has 0 unspecified atom stereocenters. The smallest absolute Gasteiger partial charge is 0.319 e. The van der Waals surface area contributed by atoms with E-state index in [9.17, 15) is 4.79 Å². The van der Waals surface area contributed by atoms with Crippen LogP contribution in [0.4, 0.5) is 0 Å². The Morgan fingerprint density at radius 1 is 1.22 bits per heavy atom. The van der Waals surface area contributed by atoms with Crippen molar-refractivity contribution in [1.29, 1.82) is 0 Å². The van der Waals surface area contributed by atoms with E-state index >= 15 is 0 Å². The molecule has 0 N–H and O–H groups in total. The fourth-order valence-electron chi connectivity index (χ4n) is 1.78. The minimum Gasteiger partial charge on any atom is -0.480 e. The molecule has 0 radical (unpaired) electrons. The molecule has 0 amide bonds. The van der Waals surface area contributed by atoms with Crippen molar-refractivity contribution < 1.29 is 23.7 Å². The van der Waals surface area contributed by atoms with Crippen molar-refractivity contribution in [2.24, 2.45) is 0 Å². The summed E-state index contributed by atoms with van der Waals surface area (Å²) < 4.78 is 21.9. The molecular formula is C14H18N4O5. The van der Waals surface area contributed by atoms with Crippen molar-refractivity contribution in [2.45, 2.75) is 13.7 Å². The number of methoxy groups -OCH3 is 2. The predicted molar refractivity (Wildman–Crippen MR) is 78.9 cm³/mol. The number of esters is 1. The molecule has 2 aromatic heterocycles. The van der Waals surface area contributed by atoms with Crippen molar-refractivity contribution in [3.05, 3.63) is 18.6 Å². The van der Waals surface area contributed by atoms with Crippen LogP contribution in [0.5, 0.6) is 11.9 Å². The molecule has 0 aliphatic heterocycles. The van der Waals surface area contributed by atoms with Crippen LogP contribution in [-0.4, -0.2) is 53.2 Å². The van der Waals surface area contributed by atoms with Crippen molar-refractivity contribution >= 4 is 5.97 Å². The van der Waals surface area contributed by atoms with Gasteiger partial charge in [0.15, 0.2) is 0 Å². The molecule has 9 heteroatoms. The normalized spacial score (nSPS) is 10.4. The number of hydrogen-bond acceptors (Lipinski definition) is 8. The second-order valence-corrected chi connectivity index (χ2v) is 4.43. The highest BCUT2D eigenvalue weighted by Crippen LogP contribution is 2.28. The lowest BCUT2D eigenvalue weighted by Gasteiger charge is -2.06. The van der Waals surface area contributed by atoms with Crippen LogP contribution in [0.25, 0.3) is 11.1 Å². The maximum absolute atomic E-state index is 10.6. The summed E-state index contributed by atoms with van der Waals surface area (Å²) in [4.78, 5) is 18.8. The topological polar surface area (TPSA) is 97.6 Å². The van der Waals surface area contributed by atoms with E-state index < -0.39 is 0 Å². The van der Waals surface area contributed by atoms with Crippen LogP contribution in [0, 0.1) is 0 Å². The molecule has 0 aliphatic carbocycles. The number of aromatic nitrogens is 4. The van der Waals surface area contributed by atoms with Gasteiger partial charge < -0.3 is 18.9 Å². The SMILES string of the molecule is COc1ncc(-c2cnn(COCCOC(C)=O)c2)c(OC)n1. The fourth-order valence-corrected chi connectivity index (χ4v) is 1.78. The van der Waals surface area contributed by atoms with Gasteiger partial charge in [0, 0.05) is 24.9 Å². The summed E-state index contributed by atoms with van der Waals surface area (Å²) in [6.45, 7) is 2.10. The highest BCUT2D eigenvalue weighted by atomic mass is 16.6. The highest BCUT2D eigenvalue weighted by Gasteiger charge is 2.12. The Kier molecular flexibility index (Phi) is 5.87. The van der Waals surface area contributed by atoms with Gasteiger partial charge in [0.2, 0.25) is 5.88 Å². The molecule has 23 heavy (non-hydrogen) atoms. The van der Waals surface area contributed by atoms with Crippen molar-refractivity contribution in [1.82, 2.24) is 19.7 Å². The Bertz CT molecular complexity index is 658. The van der Waals surface area contributed by atoms with E-state index in [0.29, 0.717) is 18.1 Å². The molecule has 2 heterocycles. The van der Waals surface area contributed by atoms with Gasteiger partial charge in [-0.1, -0.05) is 0 Å². The molecule has 0 fully saturated rings. The number of carbonyl (C=O) groups is 1. The third kappa shape index (κ3) is 4.65. The largest absolute Gasteiger partial charge is 0.480 e. The first-order valence-corrected chi connectivity index (χ1v) is 6.83. The zero-order valence-corrected chi connectivity index (χ0v) is 13.2. The third-order valence-electron chi connectivity index (χ3n) is 2.81. The van der Waals surface area contributed by atoms with E-state index in [-0.39, 0.29) is 25.3 Å². The Labute approximate surface area is 133 Å². The van der Waals surface area contributed by atoms with Crippen LogP contribution in [0.2, 0.25) is 0 Å². The Morgan fingerprint density at radius 2 is 2.04 bits per heavy atom. The number of nitrogens with zero attached hydrogens (tertiary/aromatic N) is 4. The number of carbonyl (C=O) groups excluding carboxylic acids is 1. The first-order valence-electron chi connectivity index (χ1n) is 6.83. The summed E-state index contributed by atoms with van der Waals surface area (Å²) in [6.07, 6.45) is 5.04. The van der Waals surface area contributed by atoms with Gasteiger partial charge in [0.25, 0.3) is 0 Å². The van der Waals surface area contributed by atoms with Crippen LogP contribution in [0.3, 0.4) is 0 Å². The van der Waals surface area contributed by atoms with Gasteiger partial charge in [-0.15, -0.1) is 0 Å². The first-order chi connectivity index (χ1) is 11.1. The number of ether oxygens (including phenoxy) is 4. The molecule has 2 aromatic rings. The molecule has 0 saturated heterocycles. The van der Waals surface area contributed by atoms with E-state index in [2.05, 4.69) is 15.1 Å². The van der Waals surface area contributed by atoms with E-state index in [1.54, 1.807) is 23.3 Å². The molecule has 124 valence electrons. The molecule has 9 nitrogen and oxygen atoms in total. The summed E-state index contributed by atoms with van der Waals surface area (Å²) in [6, 6.07) is 0.229. The summed E-state index contributed by atoms with van der Waals surface area (Å²) in [5.41, 5.74) is 1.48. The van der Waals surface area contributed by atoms with Crippen LogP contribution in [-0.2, 0) is 21.0 Å². The Morgan fingerprint density at radius 3 is 2.74 bits per heavy atom. The summed E-state index contributed by atoms with van der Waals surface area (Å²) in [5.74, 6) is 0.0637. The van der Waals surface area contributed by atoms with Gasteiger partial charge in [0.1, 0.15) is 13.3 Å². The lowest BCUT2D eigenvalue weighted by Crippen LogP contribution is -2.10. The second kappa shape index (κ2) is 8.08. The molecule has 0 bridgehead atoms. The van der Waals surface area contributed by atoms with Crippen LogP contribution < -0.4 is 9.47 Å². The molecule has 2 rings (SSSR count). The van der Waals surface area contributed by atoms with E-state index in [1.807, 2.05) is 0 Å². The van der Waals surface area contributed by atoms with Crippen molar-refractivity contribution in [3.8, 4) is 23.0 Å². The maximum atomic E-state index is 10.6. The van der Waals surface area contributed by atoms with E-state index in [1.165, 1.54) is 21.1 Å². The predicted octanol–water partition coefficient (Wildman–Crippen LogP) is 0.894. The quantitative estimate of drug-likeness (QED) is 0.522. The van der Waals surface area contributed by atoms with Crippen molar-refractivity contribution in [2.75, 3.05) is 27.4 Å². The second-order valence-electron chi connectivity index (χ2n) is 4.43. The number of rotatable bonds is 8. The molecule has 0 atom stereocenters.